The van der Waals surface area contributed by atoms with Crippen molar-refractivity contribution in [2.24, 2.45) is 0 Å². The summed E-state index contributed by atoms with van der Waals surface area (Å²) in [7, 11) is 0. The Bertz CT molecular complexity index is 615. The molecular formula is C15H11N3. The summed E-state index contributed by atoms with van der Waals surface area (Å²) in [6.07, 6.45) is 0. The summed E-state index contributed by atoms with van der Waals surface area (Å²) in [5, 5.41) is 20.9. The van der Waals surface area contributed by atoms with E-state index in [1.165, 1.54) is 0 Å². The molecule has 3 heteroatoms. The summed E-state index contributed by atoms with van der Waals surface area (Å²) in [6.45, 7) is 0.629. The van der Waals surface area contributed by atoms with E-state index in [0.29, 0.717) is 17.7 Å². The van der Waals surface area contributed by atoms with Crippen LogP contribution in [0.1, 0.15) is 16.7 Å². The van der Waals surface area contributed by atoms with E-state index in [-0.39, 0.29) is 0 Å². The normalized spacial score (nSPS) is 9.22. The van der Waals surface area contributed by atoms with Crippen molar-refractivity contribution in [3.63, 3.8) is 0 Å². The van der Waals surface area contributed by atoms with Gasteiger partial charge < -0.3 is 5.32 Å². The van der Waals surface area contributed by atoms with E-state index in [1.807, 2.05) is 30.3 Å². The quantitative estimate of drug-likeness (QED) is 0.886. The van der Waals surface area contributed by atoms with Crippen molar-refractivity contribution >= 4 is 5.69 Å². The summed E-state index contributed by atoms with van der Waals surface area (Å²) in [4.78, 5) is 0. The number of anilines is 1. The Morgan fingerprint density at radius 1 is 0.889 bits per heavy atom. The third-order valence-electron chi connectivity index (χ3n) is 2.61. The van der Waals surface area contributed by atoms with Gasteiger partial charge in [-0.2, -0.15) is 10.5 Å². The van der Waals surface area contributed by atoms with Crippen LogP contribution in [-0.4, -0.2) is 0 Å². The average Bonchev–Trinajstić information content (AvgIpc) is 2.46. The maximum atomic E-state index is 8.96. The first kappa shape index (κ1) is 11.7. The summed E-state index contributed by atoms with van der Waals surface area (Å²) in [5.41, 5.74) is 3.17. The standard InChI is InChI=1S/C15H11N3/c16-9-12-5-7-13(8-6-12)11-18-15-4-2-1-3-14(15)10-17/h1-8,18H,11H2. The highest BCUT2D eigenvalue weighted by Crippen LogP contribution is 2.15. The highest BCUT2D eigenvalue weighted by molar-refractivity contribution is 5.57. The molecule has 86 valence electrons. The van der Waals surface area contributed by atoms with Gasteiger partial charge in [-0.1, -0.05) is 24.3 Å². The Balaban J connectivity index is 2.07. The van der Waals surface area contributed by atoms with E-state index in [2.05, 4.69) is 17.5 Å². The fourth-order valence-electron chi connectivity index (χ4n) is 1.63. The SMILES string of the molecule is N#Cc1ccc(CNc2ccccc2C#N)cc1. The molecule has 0 unspecified atom stereocenters. The second kappa shape index (κ2) is 5.52. The molecule has 2 rings (SSSR count). The second-order valence-corrected chi connectivity index (χ2v) is 3.82. The van der Waals surface area contributed by atoms with Gasteiger partial charge in [0.2, 0.25) is 0 Å². The summed E-state index contributed by atoms with van der Waals surface area (Å²) >= 11 is 0. The largest absolute Gasteiger partial charge is 0.380 e. The number of hydrogen-bond donors (Lipinski definition) is 1. The third kappa shape index (κ3) is 2.66. The molecule has 0 aromatic heterocycles. The summed E-state index contributed by atoms with van der Waals surface area (Å²) in [6, 6.07) is 19.0. The Labute approximate surface area is 106 Å². The molecule has 0 aliphatic carbocycles. The van der Waals surface area contributed by atoms with Crippen molar-refractivity contribution in [1.82, 2.24) is 0 Å². The van der Waals surface area contributed by atoms with Crippen LogP contribution in [0, 0.1) is 22.7 Å². The Morgan fingerprint density at radius 2 is 1.61 bits per heavy atom. The Hall–Kier alpha value is -2.78. The highest BCUT2D eigenvalue weighted by Gasteiger charge is 2.00. The van der Waals surface area contributed by atoms with Gasteiger partial charge in [0.25, 0.3) is 0 Å². The lowest BCUT2D eigenvalue weighted by Gasteiger charge is -2.07. The van der Waals surface area contributed by atoms with Crippen molar-refractivity contribution < 1.29 is 0 Å². The zero-order valence-corrected chi connectivity index (χ0v) is 9.72. The molecule has 0 bridgehead atoms. The van der Waals surface area contributed by atoms with Crippen molar-refractivity contribution in [3.05, 3.63) is 65.2 Å². The van der Waals surface area contributed by atoms with Gasteiger partial charge in [-0.15, -0.1) is 0 Å². The number of para-hydroxylation sites is 1. The minimum atomic E-state index is 0.629. The monoisotopic (exact) mass is 233 g/mol. The molecule has 0 saturated heterocycles. The molecule has 0 heterocycles. The fourth-order valence-corrected chi connectivity index (χ4v) is 1.63. The van der Waals surface area contributed by atoms with Crippen LogP contribution in [0.25, 0.3) is 0 Å². The molecule has 0 spiro atoms. The van der Waals surface area contributed by atoms with E-state index in [1.54, 1.807) is 18.2 Å². The van der Waals surface area contributed by atoms with Crippen LogP contribution in [0.2, 0.25) is 0 Å². The average molecular weight is 233 g/mol. The topological polar surface area (TPSA) is 59.6 Å². The van der Waals surface area contributed by atoms with E-state index >= 15 is 0 Å². The first-order chi connectivity index (χ1) is 8.83. The number of hydrogen-bond acceptors (Lipinski definition) is 3. The van der Waals surface area contributed by atoms with Crippen LogP contribution in [0.4, 0.5) is 5.69 Å². The van der Waals surface area contributed by atoms with Crippen molar-refractivity contribution in [2.45, 2.75) is 6.54 Å². The van der Waals surface area contributed by atoms with E-state index < -0.39 is 0 Å². The number of nitrogens with one attached hydrogen (secondary N) is 1. The maximum Gasteiger partial charge on any atom is 0.101 e. The van der Waals surface area contributed by atoms with E-state index in [4.69, 9.17) is 10.5 Å². The third-order valence-corrected chi connectivity index (χ3v) is 2.61. The lowest BCUT2D eigenvalue weighted by molar-refractivity contribution is 1.14. The highest BCUT2D eigenvalue weighted by atomic mass is 14.9. The molecule has 0 radical (unpaired) electrons. The van der Waals surface area contributed by atoms with Crippen LogP contribution in [-0.2, 0) is 6.54 Å². The van der Waals surface area contributed by atoms with Gasteiger partial charge in [0.1, 0.15) is 6.07 Å². The first-order valence-corrected chi connectivity index (χ1v) is 5.55. The number of rotatable bonds is 3. The number of benzene rings is 2. The lowest BCUT2D eigenvalue weighted by atomic mass is 10.1. The van der Waals surface area contributed by atoms with E-state index in [0.717, 1.165) is 11.3 Å². The van der Waals surface area contributed by atoms with Gasteiger partial charge in [-0.3, -0.25) is 0 Å². The molecule has 0 amide bonds. The first-order valence-electron chi connectivity index (χ1n) is 5.55. The predicted molar refractivity (Wildman–Crippen MR) is 69.6 cm³/mol. The van der Waals surface area contributed by atoms with Gasteiger partial charge in [0.15, 0.2) is 0 Å². The Morgan fingerprint density at radius 3 is 2.28 bits per heavy atom. The molecule has 3 nitrogen and oxygen atoms in total. The maximum absolute atomic E-state index is 8.96. The van der Waals surface area contributed by atoms with E-state index in [9.17, 15) is 0 Å². The van der Waals surface area contributed by atoms with Gasteiger partial charge in [-0.25, -0.2) is 0 Å². The minimum absolute atomic E-state index is 0.629. The van der Waals surface area contributed by atoms with Gasteiger partial charge in [0.05, 0.1) is 22.9 Å². The lowest BCUT2D eigenvalue weighted by Crippen LogP contribution is -2.00. The van der Waals surface area contributed by atoms with Crippen LogP contribution < -0.4 is 5.32 Å². The van der Waals surface area contributed by atoms with Crippen molar-refractivity contribution in [2.75, 3.05) is 5.32 Å². The van der Waals surface area contributed by atoms with Crippen LogP contribution in [0.15, 0.2) is 48.5 Å². The fraction of sp³-hybridized carbons (Fsp3) is 0.0667. The number of nitrogens with zero attached hydrogens (tertiary/aromatic N) is 2. The molecule has 1 N–H and O–H groups in total. The predicted octanol–water partition coefficient (Wildman–Crippen LogP) is 3.04. The Kier molecular flexibility index (Phi) is 3.59. The van der Waals surface area contributed by atoms with Crippen LogP contribution in [0.5, 0.6) is 0 Å². The van der Waals surface area contributed by atoms with Gasteiger partial charge in [-0.05, 0) is 29.8 Å². The molecule has 2 aromatic rings. The minimum Gasteiger partial charge on any atom is -0.380 e. The smallest absolute Gasteiger partial charge is 0.101 e. The van der Waals surface area contributed by atoms with Gasteiger partial charge >= 0.3 is 0 Å². The molecule has 2 aromatic carbocycles. The molecule has 0 aliphatic rings. The van der Waals surface area contributed by atoms with Gasteiger partial charge in [0, 0.05) is 6.54 Å². The molecule has 0 fully saturated rings. The molecule has 18 heavy (non-hydrogen) atoms. The zero-order valence-electron chi connectivity index (χ0n) is 9.72. The van der Waals surface area contributed by atoms with Crippen LogP contribution >= 0.6 is 0 Å². The summed E-state index contributed by atoms with van der Waals surface area (Å²) < 4.78 is 0. The molecule has 0 aliphatic heterocycles. The van der Waals surface area contributed by atoms with Crippen LogP contribution in [0.3, 0.4) is 0 Å². The summed E-state index contributed by atoms with van der Waals surface area (Å²) in [5.74, 6) is 0. The van der Waals surface area contributed by atoms with Crippen molar-refractivity contribution in [1.29, 1.82) is 10.5 Å². The number of nitriles is 2. The molecular weight excluding hydrogens is 222 g/mol. The molecule has 0 atom stereocenters. The van der Waals surface area contributed by atoms with Crippen molar-refractivity contribution in [3.8, 4) is 12.1 Å². The molecule has 0 saturated carbocycles. The second-order valence-electron chi connectivity index (χ2n) is 3.82. The zero-order chi connectivity index (χ0) is 12.8.